The summed E-state index contributed by atoms with van der Waals surface area (Å²) in [5, 5.41) is 9.97. The van der Waals surface area contributed by atoms with Gasteiger partial charge in [-0.25, -0.2) is 0 Å². The summed E-state index contributed by atoms with van der Waals surface area (Å²) in [5.74, 6) is 0.739. The summed E-state index contributed by atoms with van der Waals surface area (Å²) >= 11 is 0. The number of aliphatic hydroxyl groups excluding tert-OH is 1. The Hall–Kier alpha value is -0.560. The molecule has 0 bridgehead atoms. The van der Waals surface area contributed by atoms with Crippen LogP contribution >= 0.6 is 0 Å². The van der Waals surface area contributed by atoms with Crippen LogP contribution < -0.4 is 0 Å². The third kappa shape index (κ3) is 2.56. The van der Waals surface area contributed by atoms with Crippen molar-refractivity contribution in [3.63, 3.8) is 0 Å². The number of hydrogen-bond acceptors (Lipinski definition) is 1. The number of allylic oxidation sites excluding steroid dienone is 4. The molecule has 2 fully saturated rings. The zero-order chi connectivity index (χ0) is 13.2. The molecule has 0 aliphatic heterocycles. The molecule has 0 aromatic heterocycles. The molecule has 18 heavy (non-hydrogen) atoms. The largest absolute Gasteiger partial charge is 0.393 e. The van der Waals surface area contributed by atoms with E-state index in [1.54, 1.807) is 0 Å². The summed E-state index contributed by atoms with van der Waals surface area (Å²) < 4.78 is 0. The average molecular weight is 248 g/mol. The minimum absolute atomic E-state index is 0.0619. The molecule has 1 heteroatoms. The predicted molar refractivity (Wildman–Crippen MR) is 77.4 cm³/mol. The highest BCUT2D eigenvalue weighted by molar-refractivity contribution is 5.13. The molecule has 4 atom stereocenters. The molecule has 2 aliphatic carbocycles. The molecule has 0 spiro atoms. The second-order valence-corrected chi connectivity index (χ2v) is 6.89. The molecular weight excluding hydrogens is 220 g/mol. The zero-order valence-electron chi connectivity index (χ0n) is 12.2. The quantitative estimate of drug-likeness (QED) is 0.715. The second-order valence-electron chi connectivity index (χ2n) is 6.89. The Labute approximate surface area is 112 Å². The number of fused-ring (bicyclic) bond motifs is 1. The molecule has 0 saturated heterocycles. The van der Waals surface area contributed by atoms with Gasteiger partial charge in [0.25, 0.3) is 0 Å². The lowest BCUT2D eigenvalue weighted by Gasteiger charge is -2.55. The first kappa shape index (κ1) is 13.9. The Kier molecular flexibility index (Phi) is 4.01. The van der Waals surface area contributed by atoms with E-state index < -0.39 is 0 Å². The van der Waals surface area contributed by atoms with Crippen molar-refractivity contribution in [3.05, 3.63) is 24.3 Å². The normalized spacial score (nSPS) is 45.6. The molecule has 0 heterocycles. The summed E-state index contributed by atoms with van der Waals surface area (Å²) in [4.78, 5) is 0. The Balaban J connectivity index is 2.21. The summed E-state index contributed by atoms with van der Waals surface area (Å²) in [7, 11) is 0. The number of hydrogen-bond donors (Lipinski definition) is 1. The van der Waals surface area contributed by atoms with Gasteiger partial charge in [0.2, 0.25) is 0 Å². The van der Waals surface area contributed by atoms with Gasteiger partial charge in [-0.1, -0.05) is 44.6 Å². The van der Waals surface area contributed by atoms with Gasteiger partial charge >= 0.3 is 0 Å². The Morgan fingerprint density at radius 3 is 2.61 bits per heavy atom. The van der Waals surface area contributed by atoms with Gasteiger partial charge in [-0.15, -0.1) is 0 Å². The van der Waals surface area contributed by atoms with Crippen LogP contribution in [0, 0.1) is 16.7 Å². The molecule has 2 saturated carbocycles. The van der Waals surface area contributed by atoms with E-state index in [1.165, 1.54) is 25.7 Å². The summed E-state index contributed by atoms with van der Waals surface area (Å²) in [6, 6.07) is 0. The Morgan fingerprint density at radius 2 is 1.89 bits per heavy atom. The maximum atomic E-state index is 9.97. The van der Waals surface area contributed by atoms with E-state index in [0.717, 1.165) is 18.8 Å². The van der Waals surface area contributed by atoms with Crippen molar-refractivity contribution < 1.29 is 5.11 Å². The van der Waals surface area contributed by atoms with Gasteiger partial charge in [-0.3, -0.25) is 0 Å². The van der Waals surface area contributed by atoms with Gasteiger partial charge in [0.15, 0.2) is 0 Å². The van der Waals surface area contributed by atoms with Crippen LogP contribution in [0.2, 0.25) is 0 Å². The molecular formula is C17H28O. The van der Waals surface area contributed by atoms with Crippen LogP contribution in [0.3, 0.4) is 0 Å². The maximum absolute atomic E-state index is 9.97. The van der Waals surface area contributed by atoms with Crippen LogP contribution in [0.25, 0.3) is 0 Å². The molecule has 2 rings (SSSR count). The van der Waals surface area contributed by atoms with E-state index >= 15 is 0 Å². The fourth-order valence-corrected chi connectivity index (χ4v) is 4.53. The van der Waals surface area contributed by atoms with Crippen LogP contribution in [0.15, 0.2) is 24.3 Å². The lowest BCUT2D eigenvalue weighted by Crippen LogP contribution is -2.47. The van der Waals surface area contributed by atoms with Gasteiger partial charge in [0.1, 0.15) is 0 Å². The van der Waals surface area contributed by atoms with Crippen molar-refractivity contribution in [1.29, 1.82) is 0 Å². The van der Waals surface area contributed by atoms with Crippen LogP contribution in [-0.2, 0) is 0 Å². The molecule has 1 nitrogen and oxygen atoms in total. The summed E-state index contributed by atoms with van der Waals surface area (Å²) in [5.41, 5.74) is 0.678. The second kappa shape index (κ2) is 5.21. The van der Waals surface area contributed by atoms with Crippen LogP contribution in [0.5, 0.6) is 0 Å². The molecule has 102 valence electrons. The van der Waals surface area contributed by atoms with E-state index in [2.05, 4.69) is 45.1 Å². The smallest absolute Gasteiger partial charge is 0.0545 e. The third-order valence-corrected chi connectivity index (χ3v) is 5.37. The van der Waals surface area contributed by atoms with Gasteiger partial charge in [-0.2, -0.15) is 0 Å². The highest BCUT2D eigenvalue weighted by atomic mass is 16.3. The topological polar surface area (TPSA) is 20.2 Å². The van der Waals surface area contributed by atoms with Crippen LogP contribution in [0.1, 0.15) is 59.3 Å². The van der Waals surface area contributed by atoms with E-state index in [4.69, 9.17) is 0 Å². The van der Waals surface area contributed by atoms with E-state index in [1.807, 2.05) is 0 Å². The minimum Gasteiger partial charge on any atom is -0.393 e. The van der Waals surface area contributed by atoms with Gasteiger partial charge < -0.3 is 5.11 Å². The Bertz CT molecular complexity index is 344. The molecule has 0 radical (unpaired) electrons. The van der Waals surface area contributed by atoms with E-state index in [-0.39, 0.29) is 6.10 Å². The van der Waals surface area contributed by atoms with Gasteiger partial charge in [0.05, 0.1) is 6.10 Å². The van der Waals surface area contributed by atoms with E-state index in [9.17, 15) is 5.11 Å². The van der Waals surface area contributed by atoms with Gasteiger partial charge in [0, 0.05) is 0 Å². The summed E-state index contributed by atoms with van der Waals surface area (Å²) in [6.45, 7) is 6.89. The first-order valence-electron chi connectivity index (χ1n) is 7.49. The van der Waals surface area contributed by atoms with Crippen LogP contribution in [-0.4, -0.2) is 11.2 Å². The number of rotatable bonds is 2. The zero-order valence-corrected chi connectivity index (χ0v) is 12.2. The third-order valence-electron chi connectivity index (χ3n) is 5.37. The average Bonchev–Trinajstić information content (AvgIpc) is 2.28. The van der Waals surface area contributed by atoms with Crippen molar-refractivity contribution in [2.75, 3.05) is 0 Å². The minimum atomic E-state index is -0.0619. The molecule has 0 aromatic carbocycles. The van der Waals surface area contributed by atoms with E-state index in [0.29, 0.717) is 10.8 Å². The maximum Gasteiger partial charge on any atom is 0.0545 e. The predicted octanol–water partition coefficient (Wildman–Crippen LogP) is 4.48. The lowest BCUT2D eigenvalue weighted by atomic mass is 9.51. The van der Waals surface area contributed by atoms with Crippen molar-refractivity contribution >= 4 is 0 Å². The fraction of sp³-hybridized carbons (Fsp3) is 0.765. The molecule has 1 N–H and O–H groups in total. The SMILES string of the molecule is C/C=C/C=C/[C@@]1(C)CCC[C@@]2(C)C[C@@H](O)CCC21. The first-order chi connectivity index (χ1) is 8.50. The van der Waals surface area contributed by atoms with Crippen molar-refractivity contribution in [2.24, 2.45) is 16.7 Å². The molecule has 0 aromatic rings. The highest BCUT2D eigenvalue weighted by Crippen LogP contribution is 2.58. The number of aliphatic hydroxyl groups is 1. The van der Waals surface area contributed by atoms with Crippen molar-refractivity contribution in [1.82, 2.24) is 0 Å². The molecule has 1 unspecified atom stereocenters. The monoisotopic (exact) mass is 248 g/mol. The van der Waals surface area contributed by atoms with Crippen molar-refractivity contribution in [3.8, 4) is 0 Å². The fourth-order valence-electron chi connectivity index (χ4n) is 4.53. The molecule has 0 amide bonds. The van der Waals surface area contributed by atoms with Crippen LogP contribution in [0.4, 0.5) is 0 Å². The Morgan fingerprint density at radius 1 is 1.11 bits per heavy atom. The molecule has 2 aliphatic rings. The summed E-state index contributed by atoms with van der Waals surface area (Å²) in [6.07, 6.45) is 15.9. The lowest BCUT2D eigenvalue weighted by molar-refractivity contribution is -0.0622. The highest BCUT2D eigenvalue weighted by Gasteiger charge is 2.49. The standard InChI is InChI=1S/C17H28O/c1-4-5-6-10-16(2)11-7-12-17(3)13-14(18)8-9-15(16)17/h4-6,10,14-15,18H,7-9,11-13H2,1-3H3/b5-4+,10-6+/t14-,15?,16-,17-/m0/s1. The first-order valence-corrected chi connectivity index (χ1v) is 7.49. The van der Waals surface area contributed by atoms with Gasteiger partial charge in [-0.05, 0) is 55.8 Å². The van der Waals surface area contributed by atoms with Crippen molar-refractivity contribution in [2.45, 2.75) is 65.4 Å².